The Morgan fingerprint density at radius 2 is 1.67 bits per heavy atom. The lowest BCUT2D eigenvalue weighted by Crippen LogP contribution is -2.44. The smallest absolute Gasteiger partial charge is 0.407 e. The lowest BCUT2D eigenvalue weighted by molar-refractivity contribution is -0.120. The number of carbonyl (C=O) groups excluding carboxylic acids is 2. The molecule has 0 spiro atoms. The second kappa shape index (κ2) is 10.6. The van der Waals surface area contributed by atoms with Gasteiger partial charge >= 0.3 is 6.09 Å². The van der Waals surface area contributed by atoms with Crippen LogP contribution in [0.4, 0.5) is 4.79 Å². The summed E-state index contributed by atoms with van der Waals surface area (Å²) in [6.45, 7) is 9.95. The minimum Gasteiger partial charge on any atom is -0.445 e. The lowest BCUT2D eigenvalue weighted by atomic mass is 10.2. The highest BCUT2D eigenvalue weighted by Crippen LogP contribution is 2.03. The molecule has 24 heavy (non-hydrogen) atoms. The van der Waals surface area contributed by atoms with Crippen molar-refractivity contribution in [1.29, 1.82) is 0 Å². The second-order valence-electron chi connectivity index (χ2n) is 6.19. The summed E-state index contributed by atoms with van der Waals surface area (Å²) in [5.74, 6) is -0.223. The third kappa shape index (κ3) is 7.97. The average Bonchev–Trinajstić information content (AvgIpc) is 2.55. The maximum Gasteiger partial charge on any atom is 0.407 e. The molecule has 0 bridgehead atoms. The zero-order chi connectivity index (χ0) is 17.9. The van der Waals surface area contributed by atoms with E-state index in [1.165, 1.54) is 0 Å². The van der Waals surface area contributed by atoms with Gasteiger partial charge < -0.3 is 15.4 Å². The Balaban J connectivity index is 2.17. The van der Waals surface area contributed by atoms with E-state index >= 15 is 0 Å². The Bertz CT molecular complexity index is 495. The summed E-state index contributed by atoms with van der Waals surface area (Å²) < 4.78 is 5.05. The molecule has 0 atom stereocenters. The van der Waals surface area contributed by atoms with Gasteiger partial charge in [-0.15, -0.1) is 0 Å². The van der Waals surface area contributed by atoms with Crippen LogP contribution in [0.15, 0.2) is 30.3 Å². The van der Waals surface area contributed by atoms with Crippen LogP contribution in [0.3, 0.4) is 0 Å². The first-order chi connectivity index (χ1) is 11.4. The van der Waals surface area contributed by atoms with E-state index in [0.29, 0.717) is 18.6 Å². The molecule has 0 radical (unpaired) electrons. The number of nitrogens with one attached hydrogen (secondary N) is 2. The van der Waals surface area contributed by atoms with Gasteiger partial charge in [0.15, 0.2) is 0 Å². The molecule has 0 unspecified atom stereocenters. The summed E-state index contributed by atoms with van der Waals surface area (Å²) in [7, 11) is 0. The van der Waals surface area contributed by atoms with E-state index in [2.05, 4.69) is 43.2 Å². The first-order valence-electron chi connectivity index (χ1n) is 8.37. The van der Waals surface area contributed by atoms with Crippen LogP contribution < -0.4 is 10.6 Å². The number of alkyl carbamates (subject to hydrolysis) is 1. The van der Waals surface area contributed by atoms with Crippen molar-refractivity contribution in [3.63, 3.8) is 0 Å². The number of hydrogen-bond donors (Lipinski definition) is 2. The van der Waals surface area contributed by atoms with Gasteiger partial charge in [0, 0.05) is 25.2 Å². The maximum absolute atomic E-state index is 11.7. The molecule has 2 amide bonds. The van der Waals surface area contributed by atoms with Crippen molar-refractivity contribution in [2.45, 2.75) is 46.4 Å². The molecule has 1 aromatic rings. The second-order valence-corrected chi connectivity index (χ2v) is 6.19. The predicted molar refractivity (Wildman–Crippen MR) is 94.6 cm³/mol. The van der Waals surface area contributed by atoms with Crippen LogP contribution in [0.1, 0.15) is 33.3 Å². The van der Waals surface area contributed by atoms with E-state index in [1.807, 2.05) is 30.3 Å². The van der Waals surface area contributed by atoms with Crippen molar-refractivity contribution < 1.29 is 14.3 Å². The van der Waals surface area contributed by atoms with E-state index < -0.39 is 6.09 Å². The standard InChI is InChI=1S/C18H29N3O3/c1-14(2)21(15(3)4)11-10-19-17(22)12-20-18(23)24-13-16-8-6-5-7-9-16/h5-9,14-15H,10-13H2,1-4H3,(H,19,22)(H,20,23). The summed E-state index contributed by atoms with van der Waals surface area (Å²) in [6.07, 6.45) is -0.597. The number of amides is 2. The molecular formula is C18H29N3O3. The molecule has 0 aliphatic heterocycles. The molecule has 0 aliphatic rings. The zero-order valence-corrected chi connectivity index (χ0v) is 15.0. The number of nitrogens with zero attached hydrogens (tertiary/aromatic N) is 1. The van der Waals surface area contributed by atoms with Crippen molar-refractivity contribution in [3.8, 4) is 0 Å². The van der Waals surface area contributed by atoms with E-state index in [-0.39, 0.29) is 19.1 Å². The highest BCUT2D eigenvalue weighted by molar-refractivity contribution is 5.82. The molecule has 0 aromatic heterocycles. The van der Waals surface area contributed by atoms with E-state index in [0.717, 1.165) is 12.1 Å². The maximum atomic E-state index is 11.7. The van der Waals surface area contributed by atoms with Gasteiger partial charge in [-0.1, -0.05) is 30.3 Å². The number of benzene rings is 1. The quantitative estimate of drug-likeness (QED) is 0.725. The third-order valence-electron chi connectivity index (χ3n) is 3.62. The summed E-state index contributed by atoms with van der Waals surface area (Å²) >= 11 is 0. The molecule has 6 nitrogen and oxygen atoms in total. The summed E-state index contributed by atoms with van der Waals surface area (Å²) in [5.41, 5.74) is 0.902. The van der Waals surface area contributed by atoms with Crippen molar-refractivity contribution >= 4 is 12.0 Å². The fourth-order valence-electron chi connectivity index (χ4n) is 2.43. The van der Waals surface area contributed by atoms with Crippen LogP contribution in [0.2, 0.25) is 0 Å². The van der Waals surface area contributed by atoms with E-state index in [1.54, 1.807) is 0 Å². The molecule has 1 rings (SSSR count). The third-order valence-corrected chi connectivity index (χ3v) is 3.62. The lowest BCUT2D eigenvalue weighted by Gasteiger charge is -2.30. The molecule has 6 heteroatoms. The molecule has 2 N–H and O–H groups in total. The molecule has 0 aliphatic carbocycles. The van der Waals surface area contributed by atoms with Crippen LogP contribution >= 0.6 is 0 Å². The SMILES string of the molecule is CC(C)N(CCNC(=O)CNC(=O)OCc1ccccc1)C(C)C. The van der Waals surface area contributed by atoms with Crippen molar-refractivity contribution in [2.75, 3.05) is 19.6 Å². The number of rotatable bonds is 9. The highest BCUT2D eigenvalue weighted by Gasteiger charge is 2.13. The van der Waals surface area contributed by atoms with Crippen LogP contribution in [0.5, 0.6) is 0 Å². The number of carbonyl (C=O) groups is 2. The molecule has 0 fully saturated rings. The monoisotopic (exact) mass is 335 g/mol. The summed E-state index contributed by atoms with van der Waals surface area (Å²) in [4.78, 5) is 25.6. The Morgan fingerprint density at radius 3 is 2.25 bits per heavy atom. The minimum atomic E-state index is -0.597. The first kappa shape index (κ1) is 20.0. The highest BCUT2D eigenvalue weighted by atomic mass is 16.5. The molecule has 1 aromatic carbocycles. The Kier molecular flexibility index (Phi) is 8.86. The van der Waals surface area contributed by atoms with Crippen LogP contribution in [0.25, 0.3) is 0 Å². The fraction of sp³-hybridized carbons (Fsp3) is 0.556. The number of hydrogen-bond acceptors (Lipinski definition) is 4. The largest absolute Gasteiger partial charge is 0.445 e. The van der Waals surface area contributed by atoms with Gasteiger partial charge in [-0.25, -0.2) is 4.79 Å². The Hall–Kier alpha value is -2.08. The van der Waals surface area contributed by atoms with Crippen molar-refractivity contribution in [1.82, 2.24) is 15.5 Å². The molecular weight excluding hydrogens is 306 g/mol. The Morgan fingerprint density at radius 1 is 1.04 bits per heavy atom. The van der Waals surface area contributed by atoms with Crippen LogP contribution in [-0.4, -0.2) is 48.6 Å². The van der Waals surface area contributed by atoms with E-state index in [9.17, 15) is 9.59 Å². The summed E-state index contributed by atoms with van der Waals surface area (Å²) in [6, 6.07) is 10.2. The van der Waals surface area contributed by atoms with Crippen LogP contribution in [-0.2, 0) is 16.1 Å². The predicted octanol–water partition coefficient (Wildman–Crippen LogP) is 2.15. The number of ether oxygens (including phenoxy) is 1. The topological polar surface area (TPSA) is 70.7 Å². The van der Waals surface area contributed by atoms with Gasteiger partial charge in [-0.3, -0.25) is 9.69 Å². The molecule has 0 saturated carbocycles. The first-order valence-corrected chi connectivity index (χ1v) is 8.37. The van der Waals surface area contributed by atoms with Crippen molar-refractivity contribution in [2.24, 2.45) is 0 Å². The van der Waals surface area contributed by atoms with Gasteiger partial charge in [0.05, 0.1) is 6.54 Å². The molecule has 0 heterocycles. The minimum absolute atomic E-state index is 0.0863. The van der Waals surface area contributed by atoms with Gasteiger partial charge in [0.1, 0.15) is 6.61 Å². The Labute approximate surface area is 144 Å². The fourth-order valence-corrected chi connectivity index (χ4v) is 2.43. The van der Waals surface area contributed by atoms with Gasteiger partial charge in [0.2, 0.25) is 5.91 Å². The molecule has 0 saturated heterocycles. The normalized spacial score (nSPS) is 11.0. The average molecular weight is 335 g/mol. The van der Waals surface area contributed by atoms with Crippen LogP contribution in [0, 0.1) is 0 Å². The van der Waals surface area contributed by atoms with Crippen molar-refractivity contribution in [3.05, 3.63) is 35.9 Å². The zero-order valence-electron chi connectivity index (χ0n) is 15.0. The summed E-state index contributed by atoms with van der Waals surface area (Å²) in [5, 5.41) is 5.25. The van der Waals surface area contributed by atoms with Gasteiger partial charge in [0.25, 0.3) is 0 Å². The molecule has 134 valence electrons. The van der Waals surface area contributed by atoms with Gasteiger partial charge in [-0.05, 0) is 33.3 Å². The van der Waals surface area contributed by atoms with E-state index in [4.69, 9.17) is 4.74 Å². The van der Waals surface area contributed by atoms with Gasteiger partial charge in [-0.2, -0.15) is 0 Å².